The second kappa shape index (κ2) is 5.52. The molecule has 0 amide bonds. The molecular weight excluding hydrogens is 269 g/mol. The van der Waals surface area contributed by atoms with Gasteiger partial charge < -0.3 is 15.4 Å². The van der Waals surface area contributed by atoms with Crippen molar-refractivity contribution in [1.82, 2.24) is 0 Å². The fourth-order valence-electron chi connectivity index (χ4n) is 2.64. The van der Waals surface area contributed by atoms with E-state index in [-0.39, 0.29) is 23.8 Å². The van der Waals surface area contributed by atoms with Gasteiger partial charge in [-0.25, -0.2) is 0 Å². The number of nitrogens with zero attached hydrogens (tertiary/aromatic N) is 1. The first kappa shape index (κ1) is 15.0. The molecular formula is C14H19F3N2O. The zero-order chi connectivity index (χ0) is 14.9. The van der Waals surface area contributed by atoms with E-state index in [9.17, 15) is 13.2 Å². The van der Waals surface area contributed by atoms with Gasteiger partial charge in [-0.3, -0.25) is 0 Å². The Labute approximate surface area is 116 Å². The lowest BCUT2D eigenvalue weighted by Crippen LogP contribution is -2.52. The molecule has 0 aliphatic carbocycles. The third-order valence-corrected chi connectivity index (χ3v) is 4.03. The number of anilines is 1. The fourth-order valence-corrected chi connectivity index (χ4v) is 2.64. The van der Waals surface area contributed by atoms with Gasteiger partial charge in [0.15, 0.2) is 5.75 Å². The van der Waals surface area contributed by atoms with E-state index < -0.39 is 6.36 Å². The Bertz CT molecular complexity index is 464. The number of halogens is 3. The van der Waals surface area contributed by atoms with Crippen molar-refractivity contribution in [1.29, 1.82) is 0 Å². The van der Waals surface area contributed by atoms with Gasteiger partial charge in [-0.05, 0) is 31.4 Å². The predicted octanol–water partition coefficient (Wildman–Crippen LogP) is 3.15. The molecule has 0 bridgehead atoms. The normalized spacial score (nSPS) is 27.5. The lowest BCUT2D eigenvalue weighted by molar-refractivity contribution is -0.274. The quantitative estimate of drug-likeness (QED) is 0.908. The second-order valence-corrected chi connectivity index (χ2v) is 5.26. The van der Waals surface area contributed by atoms with E-state index in [2.05, 4.69) is 4.74 Å². The number of nitrogens with two attached hydrogens (primary N) is 1. The first-order chi connectivity index (χ1) is 9.29. The van der Waals surface area contributed by atoms with Gasteiger partial charge in [0, 0.05) is 18.6 Å². The van der Waals surface area contributed by atoms with Crippen LogP contribution in [0.4, 0.5) is 18.9 Å². The summed E-state index contributed by atoms with van der Waals surface area (Å²) in [6.45, 7) is 4.63. The number of alkyl halides is 3. The Hall–Kier alpha value is -1.43. The highest BCUT2D eigenvalue weighted by Gasteiger charge is 2.35. The average Bonchev–Trinajstić information content (AvgIpc) is 2.36. The summed E-state index contributed by atoms with van der Waals surface area (Å²) in [4.78, 5) is 1.94. The number of ether oxygens (including phenoxy) is 1. The van der Waals surface area contributed by atoms with Crippen LogP contribution in [-0.4, -0.2) is 25.0 Å². The number of hydrogen-bond donors (Lipinski definition) is 1. The summed E-state index contributed by atoms with van der Waals surface area (Å²) < 4.78 is 41.5. The van der Waals surface area contributed by atoms with Crippen molar-refractivity contribution in [3.63, 3.8) is 0 Å². The summed E-state index contributed by atoms with van der Waals surface area (Å²) >= 11 is 0. The Balaban J connectivity index is 2.28. The molecule has 3 nitrogen and oxygen atoms in total. The summed E-state index contributed by atoms with van der Waals surface area (Å²) in [6.07, 6.45) is -3.93. The van der Waals surface area contributed by atoms with Crippen LogP contribution in [0.15, 0.2) is 24.3 Å². The van der Waals surface area contributed by atoms with Crippen molar-refractivity contribution in [3.05, 3.63) is 24.3 Å². The first-order valence-corrected chi connectivity index (χ1v) is 6.66. The number of para-hydroxylation sites is 2. The van der Waals surface area contributed by atoms with Gasteiger partial charge in [-0.15, -0.1) is 13.2 Å². The number of rotatable bonds is 2. The Morgan fingerprint density at radius 1 is 1.25 bits per heavy atom. The maximum atomic E-state index is 12.5. The monoisotopic (exact) mass is 288 g/mol. The molecule has 1 heterocycles. The van der Waals surface area contributed by atoms with E-state index in [0.717, 1.165) is 6.42 Å². The van der Waals surface area contributed by atoms with Crippen LogP contribution in [0.25, 0.3) is 0 Å². The third-order valence-electron chi connectivity index (χ3n) is 4.03. The first-order valence-electron chi connectivity index (χ1n) is 6.66. The fraction of sp³-hybridized carbons (Fsp3) is 0.571. The van der Waals surface area contributed by atoms with Crippen molar-refractivity contribution in [2.24, 2.45) is 11.7 Å². The minimum absolute atomic E-state index is 0.0664. The molecule has 3 atom stereocenters. The summed E-state index contributed by atoms with van der Waals surface area (Å²) in [7, 11) is 0. The molecule has 0 radical (unpaired) electrons. The van der Waals surface area contributed by atoms with Crippen molar-refractivity contribution < 1.29 is 17.9 Å². The largest absolute Gasteiger partial charge is 0.573 e. The number of benzene rings is 1. The molecule has 112 valence electrons. The smallest absolute Gasteiger partial charge is 0.404 e. The SMILES string of the molecule is CC1C(N)CCN(c2ccccc2OC(F)(F)F)C1C. The number of hydrogen-bond acceptors (Lipinski definition) is 3. The zero-order valence-electron chi connectivity index (χ0n) is 11.5. The van der Waals surface area contributed by atoms with Gasteiger partial charge in [0.25, 0.3) is 0 Å². The van der Waals surface area contributed by atoms with Gasteiger partial charge in [-0.1, -0.05) is 19.1 Å². The van der Waals surface area contributed by atoms with Crippen LogP contribution >= 0.6 is 0 Å². The average molecular weight is 288 g/mol. The molecule has 1 saturated heterocycles. The molecule has 1 aliphatic rings. The van der Waals surface area contributed by atoms with Crippen LogP contribution in [-0.2, 0) is 0 Å². The highest BCUT2D eigenvalue weighted by atomic mass is 19.4. The molecule has 6 heteroatoms. The van der Waals surface area contributed by atoms with Crippen LogP contribution < -0.4 is 15.4 Å². The van der Waals surface area contributed by atoms with Gasteiger partial charge in [0.2, 0.25) is 0 Å². The van der Waals surface area contributed by atoms with Crippen LogP contribution in [0.5, 0.6) is 5.75 Å². The van der Waals surface area contributed by atoms with Crippen molar-refractivity contribution in [3.8, 4) is 5.75 Å². The molecule has 3 unspecified atom stereocenters. The minimum Gasteiger partial charge on any atom is -0.404 e. The molecule has 0 saturated carbocycles. The Morgan fingerprint density at radius 2 is 1.90 bits per heavy atom. The van der Waals surface area contributed by atoms with Crippen molar-refractivity contribution in [2.75, 3.05) is 11.4 Å². The van der Waals surface area contributed by atoms with Crippen LogP contribution in [0, 0.1) is 5.92 Å². The molecule has 0 spiro atoms. The Morgan fingerprint density at radius 3 is 2.55 bits per heavy atom. The van der Waals surface area contributed by atoms with Gasteiger partial charge in [0.05, 0.1) is 5.69 Å². The molecule has 2 rings (SSSR count). The number of piperidine rings is 1. The molecule has 0 aromatic heterocycles. The van der Waals surface area contributed by atoms with Crippen LogP contribution in [0.2, 0.25) is 0 Å². The van der Waals surface area contributed by atoms with E-state index in [1.54, 1.807) is 12.1 Å². The molecule has 20 heavy (non-hydrogen) atoms. The van der Waals surface area contributed by atoms with Crippen LogP contribution in [0.1, 0.15) is 20.3 Å². The van der Waals surface area contributed by atoms with Gasteiger partial charge >= 0.3 is 6.36 Å². The molecule has 2 N–H and O–H groups in total. The standard InChI is InChI=1S/C14H19F3N2O/c1-9-10(2)19(8-7-11(9)18)12-5-3-4-6-13(12)20-14(15,16)17/h3-6,9-11H,7-8,18H2,1-2H3. The molecule has 1 aromatic carbocycles. The molecule has 1 aromatic rings. The van der Waals surface area contributed by atoms with E-state index in [0.29, 0.717) is 12.2 Å². The van der Waals surface area contributed by atoms with E-state index in [1.165, 1.54) is 12.1 Å². The summed E-state index contributed by atoms with van der Waals surface area (Å²) in [6, 6.07) is 6.39. The summed E-state index contributed by atoms with van der Waals surface area (Å²) in [5.74, 6) is 0.0530. The predicted molar refractivity (Wildman–Crippen MR) is 71.7 cm³/mol. The maximum Gasteiger partial charge on any atom is 0.573 e. The third kappa shape index (κ3) is 3.17. The lowest BCUT2D eigenvalue weighted by Gasteiger charge is -2.43. The minimum atomic E-state index is -4.68. The van der Waals surface area contributed by atoms with Gasteiger partial charge in [0.1, 0.15) is 0 Å². The van der Waals surface area contributed by atoms with Gasteiger partial charge in [-0.2, -0.15) is 0 Å². The van der Waals surface area contributed by atoms with E-state index >= 15 is 0 Å². The highest BCUT2D eigenvalue weighted by Crippen LogP contribution is 2.36. The highest BCUT2D eigenvalue weighted by molar-refractivity contribution is 5.59. The second-order valence-electron chi connectivity index (χ2n) is 5.26. The van der Waals surface area contributed by atoms with E-state index in [1.807, 2.05) is 18.7 Å². The lowest BCUT2D eigenvalue weighted by atomic mass is 9.87. The maximum absolute atomic E-state index is 12.5. The summed E-state index contributed by atoms with van der Waals surface area (Å²) in [5, 5.41) is 0. The topological polar surface area (TPSA) is 38.5 Å². The Kier molecular flexibility index (Phi) is 4.13. The van der Waals surface area contributed by atoms with Crippen molar-refractivity contribution >= 4 is 5.69 Å². The van der Waals surface area contributed by atoms with E-state index in [4.69, 9.17) is 5.73 Å². The summed E-state index contributed by atoms with van der Waals surface area (Å²) in [5.41, 5.74) is 6.48. The zero-order valence-corrected chi connectivity index (χ0v) is 11.5. The van der Waals surface area contributed by atoms with Crippen LogP contribution in [0.3, 0.4) is 0 Å². The molecule has 1 aliphatic heterocycles. The molecule has 1 fully saturated rings. The van der Waals surface area contributed by atoms with Crippen molar-refractivity contribution in [2.45, 2.75) is 38.7 Å².